The lowest BCUT2D eigenvalue weighted by atomic mass is 10.0. The fourth-order valence-corrected chi connectivity index (χ4v) is 2.47. The Morgan fingerprint density at radius 2 is 1.95 bits per heavy atom. The Balaban J connectivity index is 0.00000441. The molecule has 22 heavy (non-hydrogen) atoms. The summed E-state index contributed by atoms with van der Waals surface area (Å²) < 4.78 is 4.97. The predicted molar refractivity (Wildman–Crippen MR) is 93.6 cm³/mol. The van der Waals surface area contributed by atoms with Gasteiger partial charge in [-0.15, -0.1) is 12.4 Å². The molecule has 0 aromatic heterocycles. The SMILES string of the molecule is CCC(Cc1ccccc1)N(CC)C(=O)CNCCOC.Cl. The summed E-state index contributed by atoms with van der Waals surface area (Å²) >= 11 is 0. The van der Waals surface area contributed by atoms with Crippen LogP contribution in [0.25, 0.3) is 0 Å². The molecule has 0 saturated carbocycles. The number of nitrogens with one attached hydrogen (secondary N) is 1. The molecule has 4 nitrogen and oxygen atoms in total. The second-order valence-electron chi connectivity index (χ2n) is 5.10. The van der Waals surface area contributed by atoms with Crippen molar-refractivity contribution in [1.29, 1.82) is 0 Å². The van der Waals surface area contributed by atoms with Crippen LogP contribution in [-0.4, -0.2) is 50.2 Å². The lowest BCUT2D eigenvalue weighted by Crippen LogP contribution is -2.45. The van der Waals surface area contributed by atoms with Crippen LogP contribution in [0.4, 0.5) is 0 Å². The highest BCUT2D eigenvalue weighted by atomic mass is 35.5. The highest BCUT2D eigenvalue weighted by molar-refractivity contribution is 5.85. The number of amides is 1. The first-order chi connectivity index (χ1) is 10.2. The third-order valence-corrected chi connectivity index (χ3v) is 3.65. The third kappa shape index (κ3) is 7.25. The highest BCUT2D eigenvalue weighted by Crippen LogP contribution is 2.12. The Morgan fingerprint density at radius 3 is 2.50 bits per heavy atom. The summed E-state index contributed by atoms with van der Waals surface area (Å²) in [5.41, 5.74) is 1.28. The maximum absolute atomic E-state index is 12.4. The summed E-state index contributed by atoms with van der Waals surface area (Å²) in [6, 6.07) is 10.6. The van der Waals surface area contributed by atoms with Gasteiger partial charge in [0.05, 0.1) is 13.2 Å². The summed E-state index contributed by atoms with van der Waals surface area (Å²) in [6.45, 7) is 6.64. The van der Waals surface area contributed by atoms with Gasteiger partial charge in [-0.1, -0.05) is 37.3 Å². The first kappa shape index (κ1) is 20.9. The molecular weight excluding hydrogens is 300 g/mol. The van der Waals surface area contributed by atoms with E-state index in [2.05, 4.69) is 24.4 Å². The first-order valence-electron chi connectivity index (χ1n) is 7.75. The zero-order valence-corrected chi connectivity index (χ0v) is 14.7. The Labute approximate surface area is 140 Å². The molecule has 126 valence electrons. The van der Waals surface area contributed by atoms with Crippen LogP contribution in [0.3, 0.4) is 0 Å². The normalized spacial score (nSPS) is 11.6. The number of ether oxygens (including phenoxy) is 1. The van der Waals surface area contributed by atoms with Crippen molar-refractivity contribution in [2.45, 2.75) is 32.7 Å². The number of methoxy groups -OCH3 is 1. The zero-order chi connectivity index (χ0) is 15.5. The molecule has 0 fully saturated rings. The maximum atomic E-state index is 12.4. The van der Waals surface area contributed by atoms with Crippen LogP contribution in [0.5, 0.6) is 0 Å². The van der Waals surface area contributed by atoms with Crippen molar-refractivity contribution in [1.82, 2.24) is 10.2 Å². The number of nitrogens with zero attached hydrogens (tertiary/aromatic N) is 1. The monoisotopic (exact) mass is 328 g/mol. The van der Waals surface area contributed by atoms with Gasteiger partial charge < -0.3 is 15.0 Å². The Bertz CT molecular complexity index is 401. The molecule has 1 aromatic rings. The lowest BCUT2D eigenvalue weighted by molar-refractivity contribution is -0.132. The van der Waals surface area contributed by atoms with Gasteiger partial charge in [-0.05, 0) is 25.3 Å². The summed E-state index contributed by atoms with van der Waals surface area (Å²) in [5.74, 6) is 0.163. The molecule has 0 spiro atoms. The minimum absolute atomic E-state index is 0. The summed E-state index contributed by atoms with van der Waals surface area (Å²) in [6.07, 6.45) is 1.88. The highest BCUT2D eigenvalue weighted by Gasteiger charge is 2.20. The van der Waals surface area contributed by atoms with Gasteiger partial charge in [-0.25, -0.2) is 0 Å². The molecule has 0 aliphatic carbocycles. The van der Waals surface area contributed by atoms with E-state index >= 15 is 0 Å². The average Bonchev–Trinajstić information content (AvgIpc) is 2.52. The number of hydrogen-bond donors (Lipinski definition) is 1. The molecule has 0 aliphatic heterocycles. The van der Waals surface area contributed by atoms with Crippen LogP contribution >= 0.6 is 12.4 Å². The molecule has 0 saturated heterocycles. The molecule has 1 unspecified atom stereocenters. The second kappa shape index (κ2) is 12.4. The van der Waals surface area contributed by atoms with Gasteiger partial charge in [0.15, 0.2) is 0 Å². The molecule has 0 aliphatic rings. The van der Waals surface area contributed by atoms with Gasteiger partial charge in [0.2, 0.25) is 5.91 Å². The van der Waals surface area contributed by atoms with E-state index in [-0.39, 0.29) is 24.4 Å². The first-order valence-corrected chi connectivity index (χ1v) is 7.75. The topological polar surface area (TPSA) is 41.6 Å². The van der Waals surface area contributed by atoms with Gasteiger partial charge in [-0.3, -0.25) is 4.79 Å². The molecule has 1 rings (SSSR count). The van der Waals surface area contributed by atoms with Gasteiger partial charge in [-0.2, -0.15) is 0 Å². The quantitative estimate of drug-likeness (QED) is 0.671. The van der Waals surface area contributed by atoms with E-state index in [0.29, 0.717) is 19.7 Å². The van der Waals surface area contributed by atoms with Gasteiger partial charge in [0, 0.05) is 26.2 Å². The number of likely N-dealkylation sites (N-methyl/N-ethyl adjacent to an activating group) is 1. The molecule has 0 heterocycles. The van der Waals surface area contributed by atoms with Crippen molar-refractivity contribution in [3.63, 3.8) is 0 Å². The zero-order valence-electron chi connectivity index (χ0n) is 13.9. The van der Waals surface area contributed by atoms with Gasteiger partial charge >= 0.3 is 0 Å². The molecule has 0 bridgehead atoms. The van der Waals surface area contributed by atoms with E-state index in [0.717, 1.165) is 19.4 Å². The smallest absolute Gasteiger partial charge is 0.236 e. The van der Waals surface area contributed by atoms with Crippen molar-refractivity contribution >= 4 is 18.3 Å². The molecule has 1 aromatic carbocycles. The summed E-state index contributed by atoms with van der Waals surface area (Å²) in [4.78, 5) is 14.3. The Kier molecular flexibility index (Phi) is 11.8. The number of carbonyl (C=O) groups excluding carboxylic acids is 1. The van der Waals surface area contributed by atoms with E-state index in [4.69, 9.17) is 4.74 Å². The van der Waals surface area contributed by atoms with Crippen molar-refractivity contribution in [2.24, 2.45) is 0 Å². The lowest BCUT2D eigenvalue weighted by Gasteiger charge is -2.30. The number of carbonyl (C=O) groups is 1. The maximum Gasteiger partial charge on any atom is 0.236 e. The fourth-order valence-electron chi connectivity index (χ4n) is 2.47. The standard InChI is InChI=1S/C17H28N2O2.ClH/c1-4-16(13-15-9-7-6-8-10-15)19(5-2)17(20)14-18-11-12-21-3;/h6-10,16,18H,4-5,11-14H2,1-3H3;1H. The van der Waals surface area contributed by atoms with E-state index < -0.39 is 0 Å². The number of benzene rings is 1. The Hall–Kier alpha value is -1.10. The summed E-state index contributed by atoms with van der Waals surface area (Å²) in [5, 5.41) is 3.13. The van der Waals surface area contributed by atoms with Crippen molar-refractivity contribution in [3.8, 4) is 0 Å². The Morgan fingerprint density at radius 1 is 1.27 bits per heavy atom. The number of rotatable bonds is 10. The molecule has 5 heteroatoms. The molecule has 1 amide bonds. The van der Waals surface area contributed by atoms with Gasteiger partial charge in [0.25, 0.3) is 0 Å². The third-order valence-electron chi connectivity index (χ3n) is 3.65. The molecule has 0 radical (unpaired) electrons. The van der Waals surface area contributed by atoms with Crippen molar-refractivity contribution < 1.29 is 9.53 Å². The van der Waals surface area contributed by atoms with Crippen LogP contribution in [0.1, 0.15) is 25.8 Å². The van der Waals surface area contributed by atoms with E-state index in [1.807, 2.05) is 30.0 Å². The van der Waals surface area contributed by atoms with Crippen LogP contribution in [0.15, 0.2) is 30.3 Å². The minimum Gasteiger partial charge on any atom is -0.383 e. The number of hydrogen-bond acceptors (Lipinski definition) is 3. The van der Waals surface area contributed by atoms with E-state index in [1.54, 1.807) is 7.11 Å². The largest absolute Gasteiger partial charge is 0.383 e. The molecular formula is C17H29ClN2O2. The predicted octanol–water partition coefficient (Wildman–Crippen LogP) is 2.51. The molecule has 1 N–H and O–H groups in total. The fraction of sp³-hybridized carbons (Fsp3) is 0.588. The van der Waals surface area contributed by atoms with Gasteiger partial charge in [0.1, 0.15) is 0 Å². The van der Waals surface area contributed by atoms with E-state index in [1.165, 1.54) is 5.56 Å². The van der Waals surface area contributed by atoms with Crippen LogP contribution in [-0.2, 0) is 16.0 Å². The molecule has 1 atom stereocenters. The van der Waals surface area contributed by atoms with Crippen LogP contribution in [0, 0.1) is 0 Å². The van der Waals surface area contributed by atoms with Crippen LogP contribution < -0.4 is 5.32 Å². The van der Waals surface area contributed by atoms with E-state index in [9.17, 15) is 4.79 Å². The average molecular weight is 329 g/mol. The minimum atomic E-state index is 0. The van der Waals surface area contributed by atoms with Crippen LogP contribution in [0.2, 0.25) is 0 Å². The number of halogens is 1. The second-order valence-corrected chi connectivity index (χ2v) is 5.10. The summed E-state index contributed by atoms with van der Waals surface area (Å²) in [7, 11) is 1.66. The van der Waals surface area contributed by atoms with Crippen molar-refractivity contribution in [3.05, 3.63) is 35.9 Å². The van der Waals surface area contributed by atoms with Crippen molar-refractivity contribution in [2.75, 3.05) is 33.4 Å².